The van der Waals surface area contributed by atoms with E-state index < -0.39 is 0 Å². The molecule has 1 aromatic carbocycles. The summed E-state index contributed by atoms with van der Waals surface area (Å²) in [6.45, 7) is 11.3. The maximum absolute atomic E-state index is 3.79. The lowest BCUT2D eigenvalue weighted by atomic mass is 9.88. The number of halogens is 1. The van der Waals surface area contributed by atoms with Crippen molar-refractivity contribution in [3.63, 3.8) is 0 Å². The molecule has 1 heteroatoms. The van der Waals surface area contributed by atoms with Gasteiger partial charge in [0.1, 0.15) is 0 Å². The second kappa shape index (κ2) is 6.04. The van der Waals surface area contributed by atoms with Gasteiger partial charge in [-0.3, -0.25) is 0 Å². The summed E-state index contributed by atoms with van der Waals surface area (Å²) in [5.41, 5.74) is 3.22. The minimum absolute atomic E-state index is 0.345. The molecule has 0 saturated heterocycles. The van der Waals surface area contributed by atoms with E-state index in [0.29, 0.717) is 16.2 Å². The first-order valence-electron chi connectivity index (χ1n) is 6.53. The lowest BCUT2D eigenvalue weighted by Crippen LogP contribution is -2.20. The maximum atomic E-state index is 3.79. The first-order chi connectivity index (χ1) is 7.80. The molecule has 0 aliphatic carbocycles. The number of aryl methyl sites for hydroxylation is 1. The Kier molecular flexibility index (Phi) is 5.24. The minimum atomic E-state index is 0.345. The molecule has 0 radical (unpaired) electrons. The fraction of sp³-hybridized carbons (Fsp3) is 0.625. The molecule has 0 fully saturated rings. The van der Waals surface area contributed by atoms with Crippen molar-refractivity contribution in [3.8, 4) is 0 Å². The normalized spacial score (nSPS) is 14.1. The number of hydrogen-bond donors (Lipinski definition) is 0. The van der Waals surface area contributed by atoms with Gasteiger partial charge in [-0.15, -0.1) is 0 Å². The second-order valence-corrected chi connectivity index (χ2v) is 7.37. The van der Waals surface area contributed by atoms with E-state index in [4.69, 9.17) is 0 Å². The molecule has 0 amide bonds. The van der Waals surface area contributed by atoms with E-state index >= 15 is 0 Å². The third-order valence-electron chi connectivity index (χ3n) is 3.27. The zero-order valence-electron chi connectivity index (χ0n) is 11.8. The molecule has 1 atom stereocenters. The molecule has 0 aliphatic heterocycles. The summed E-state index contributed by atoms with van der Waals surface area (Å²) in [4.78, 5) is 0.583. The molecule has 1 rings (SSSR count). The highest BCUT2D eigenvalue weighted by molar-refractivity contribution is 9.09. The van der Waals surface area contributed by atoms with E-state index in [9.17, 15) is 0 Å². The second-order valence-electron chi connectivity index (χ2n) is 6.27. The van der Waals surface area contributed by atoms with Crippen LogP contribution in [-0.2, 0) is 6.42 Å². The molecule has 0 saturated carbocycles. The Morgan fingerprint density at radius 3 is 2.00 bits per heavy atom. The van der Waals surface area contributed by atoms with E-state index in [2.05, 4.69) is 74.8 Å². The number of benzene rings is 1. The highest BCUT2D eigenvalue weighted by Gasteiger charge is 2.21. The number of hydrogen-bond acceptors (Lipinski definition) is 0. The van der Waals surface area contributed by atoms with Crippen molar-refractivity contribution < 1.29 is 0 Å². The van der Waals surface area contributed by atoms with E-state index in [1.165, 1.54) is 17.5 Å². The van der Waals surface area contributed by atoms with Crippen LogP contribution in [0, 0.1) is 5.41 Å². The molecule has 0 nitrogen and oxygen atoms in total. The van der Waals surface area contributed by atoms with Crippen LogP contribution < -0.4 is 0 Å². The summed E-state index contributed by atoms with van der Waals surface area (Å²) < 4.78 is 0. The topological polar surface area (TPSA) is 0 Å². The van der Waals surface area contributed by atoms with Gasteiger partial charge in [0.15, 0.2) is 0 Å². The molecular weight excluding hydrogens is 272 g/mol. The zero-order valence-corrected chi connectivity index (χ0v) is 13.3. The van der Waals surface area contributed by atoms with Gasteiger partial charge in [-0.05, 0) is 35.3 Å². The summed E-state index contributed by atoms with van der Waals surface area (Å²) in [6.07, 6.45) is 2.36. The van der Waals surface area contributed by atoms with Gasteiger partial charge >= 0.3 is 0 Å². The van der Waals surface area contributed by atoms with Crippen molar-refractivity contribution in [2.45, 2.75) is 58.2 Å². The Labute approximate surface area is 115 Å². The Morgan fingerprint density at radius 2 is 1.59 bits per heavy atom. The fourth-order valence-electron chi connectivity index (χ4n) is 1.80. The van der Waals surface area contributed by atoms with Crippen LogP contribution in [0.2, 0.25) is 0 Å². The molecular formula is C16H25Br. The Balaban J connectivity index is 2.53. The smallest absolute Gasteiger partial charge is 0.0197 e. The van der Waals surface area contributed by atoms with Crippen LogP contribution in [0.4, 0.5) is 0 Å². The molecule has 0 N–H and O–H groups in total. The molecule has 0 aromatic heterocycles. The molecule has 1 unspecified atom stereocenters. The molecule has 17 heavy (non-hydrogen) atoms. The molecule has 0 heterocycles. The molecule has 96 valence electrons. The van der Waals surface area contributed by atoms with E-state index in [-0.39, 0.29) is 0 Å². The van der Waals surface area contributed by atoms with Gasteiger partial charge < -0.3 is 0 Å². The molecule has 0 aliphatic rings. The zero-order chi connectivity index (χ0) is 13.1. The molecule has 1 aromatic rings. The Hall–Kier alpha value is -0.300. The van der Waals surface area contributed by atoms with Crippen LogP contribution >= 0.6 is 15.9 Å². The van der Waals surface area contributed by atoms with Crippen LogP contribution in [0.25, 0.3) is 0 Å². The summed E-state index contributed by atoms with van der Waals surface area (Å²) in [7, 11) is 0. The van der Waals surface area contributed by atoms with Crippen molar-refractivity contribution in [2.24, 2.45) is 5.41 Å². The van der Waals surface area contributed by atoms with Crippen LogP contribution in [0.15, 0.2) is 24.3 Å². The largest absolute Gasteiger partial charge is 0.0885 e. The third-order valence-corrected chi connectivity index (χ3v) is 5.10. The summed E-state index contributed by atoms with van der Waals surface area (Å²) in [5, 5.41) is 0. The van der Waals surface area contributed by atoms with Gasteiger partial charge in [0, 0.05) is 4.83 Å². The first-order valence-corrected chi connectivity index (χ1v) is 7.45. The number of alkyl halides is 1. The third kappa shape index (κ3) is 4.83. The number of rotatable bonds is 4. The minimum Gasteiger partial charge on any atom is -0.0885 e. The average molecular weight is 297 g/mol. The Morgan fingerprint density at radius 1 is 1.06 bits per heavy atom. The summed E-state index contributed by atoms with van der Waals surface area (Å²) in [6, 6.07) is 9.08. The monoisotopic (exact) mass is 296 g/mol. The predicted octanol–water partition coefficient (Wildman–Crippen LogP) is 5.55. The van der Waals surface area contributed by atoms with Crippen molar-refractivity contribution in [1.82, 2.24) is 0 Å². The summed E-state index contributed by atoms with van der Waals surface area (Å²) >= 11 is 3.79. The molecule has 0 spiro atoms. The van der Waals surface area contributed by atoms with Gasteiger partial charge in [0.2, 0.25) is 0 Å². The summed E-state index contributed by atoms with van der Waals surface area (Å²) in [5.74, 6) is 0.627. The van der Waals surface area contributed by atoms with Crippen molar-refractivity contribution >= 4 is 15.9 Å². The predicted molar refractivity (Wildman–Crippen MR) is 81.0 cm³/mol. The lowest BCUT2D eigenvalue weighted by Gasteiger charge is -2.25. The van der Waals surface area contributed by atoms with Crippen molar-refractivity contribution in [1.29, 1.82) is 0 Å². The van der Waals surface area contributed by atoms with E-state index in [1.54, 1.807) is 0 Å². The van der Waals surface area contributed by atoms with Crippen LogP contribution in [0.5, 0.6) is 0 Å². The first kappa shape index (κ1) is 14.8. The lowest BCUT2D eigenvalue weighted by molar-refractivity contribution is 0.386. The quantitative estimate of drug-likeness (QED) is 0.639. The van der Waals surface area contributed by atoms with E-state index in [1.807, 2.05) is 0 Å². The van der Waals surface area contributed by atoms with Crippen molar-refractivity contribution in [2.75, 3.05) is 0 Å². The van der Waals surface area contributed by atoms with Crippen LogP contribution in [0.3, 0.4) is 0 Å². The fourth-order valence-corrected chi connectivity index (χ4v) is 2.02. The highest BCUT2D eigenvalue weighted by Crippen LogP contribution is 2.29. The van der Waals surface area contributed by atoms with Crippen LogP contribution in [-0.4, -0.2) is 4.83 Å². The van der Waals surface area contributed by atoms with Gasteiger partial charge in [-0.2, -0.15) is 0 Å². The van der Waals surface area contributed by atoms with E-state index in [0.717, 1.165) is 6.42 Å². The van der Waals surface area contributed by atoms with Crippen LogP contribution in [0.1, 0.15) is 58.1 Å². The van der Waals surface area contributed by atoms with Gasteiger partial charge in [0.05, 0.1) is 0 Å². The van der Waals surface area contributed by atoms with Gasteiger partial charge in [-0.25, -0.2) is 0 Å². The average Bonchev–Trinajstić information content (AvgIpc) is 2.25. The maximum Gasteiger partial charge on any atom is 0.0197 e. The highest BCUT2D eigenvalue weighted by atomic mass is 79.9. The van der Waals surface area contributed by atoms with Crippen molar-refractivity contribution in [3.05, 3.63) is 35.4 Å². The Bertz CT molecular complexity index is 330. The molecule has 0 bridgehead atoms. The van der Waals surface area contributed by atoms with Gasteiger partial charge in [0.25, 0.3) is 0 Å². The SMILES string of the molecule is CC(C)c1ccc(CCC(Br)C(C)(C)C)cc1. The standard InChI is InChI=1S/C16H25Br/c1-12(2)14-9-6-13(7-10-14)8-11-15(17)16(3,4)5/h6-7,9-10,12,15H,8,11H2,1-5H3. The van der Waals surface area contributed by atoms with Gasteiger partial charge in [-0.1, -0.05) is 74.8 Å².